The summed E-state index contributed by atoms with van der Waals surface area (Å²) in [6, 6.07) is 0. The molecule has 4 nitrogen and oxygen atoms in total. The zero-order chi connectivity index (χ0) is 13.3. The van der Waals surface area contributed by atoms with Crippen molar-refractivity contribution >= 4 is 51.7 Å². The van der Waals surface area contributed by atoms with Gasteiger partial charge in [0.15, 0.2) is 5.44 Å². The van der Waals surface area contributed by atoms with Gasteiger partial charge < -0.3 is 9.47 Å². The third-order valence-corrected chi connectivity index (χ3v) is 3.20. The molecule has 0 spiro atoms. The second-order valence-corrected chi connectivity index (χ2v) is 5.08. The molecule has 1 atom stereocenters. The number of alkyl halides is 1. The summed E-state index contributed by atoms with van der Waals surface area (Å²) >= 11 is 11.4. The lowest BCUT2D eigenvalue weighted by Crippen LogP contribution is -2.17. The first-order valence-corrected chi connectivity index (χ1v) is 6.90. The molecule has 0 amide bonds. The van der Waals surface area contributed by atoms with Crippen LogP contribution in [0.15, 0.2) is 0 Å². The Hall–Kier alpha value is -0.330. The molecule has 0 bridgehead atoms. The number of ketones is 1. The van der Waals surface area contributed by atoms with Crippen molar-refractivity contribution in [3.63, 3.8) is 0 Å². The number of carbonyl (C=O) groups is 2. The molecule has 0 aromatic heterocycles. The number of rotatable bonds is 7. The molecule has 98 valence electrons. The van der Waals surface area contributed by atoms with Crippen LogP contribution in [0, 0.1) is 0 Å². The third kappa shape index (κ3) is 9.38. The predicted molar refractivity (Wildman–Crippen MR) is 72.3 cm³/mol. The summed E-state index contributed by atoms with van der Waals surface area (Å²) in [5.74, 6) is -0.542. The maximum absolute atomic E-state index is 11.1. The Morgan fingerprint density at radius 1 is 1.47 bits per heavy atom. The van der Waals surface area contributed by atoms with Crippen molar-refractivity contribution in [1.82, 2.24) is 0 Å². The van der Waals surface area contributed by atoms with Crippen LogP contribution in [0.5, 0.6) is 0 Å². The van der Waals surface area contributed by atoms with Gasteiger partial charge in [-0.2, -0.15) is 0 Å². The van der Waals surface area contributed by atoms with Crippen molar-refractivity contribution in [3.05, 3.63) is 0 Å². The number of thiocarbonyl (C=S) groups is 1. The molecule has 0 aliphatic rings. The van der Waals surface area contributed by atoms with Crippen LogP contribution in [0.1, 0.15) is 26.7 Å². The Bertz CT molecular complexity index is 283. The normalized spacial score (nSPS) is 11.7. The third-order valence-electron chi connectivity index (χ3n) is 1.60. The molecule has 0 aliphatic carbocycles. The van der Waals surface area contributed by atoms with E-state index in [2.05, 4.69) is 0 Å². The number of ether oxygens (including phenoxy) is 2. The van der Waals surface area contributed by atoms with Gasteiger partial charge in [-0.3, -0.25) is 9.59 Å². The van der Waals surface area contributed by atoms with E-state index in [1.54, 1.807) is 0 Å². The summed E-state index contributed by atoms with van der Waals surface area (Å²) in [4.78, 5) is 21.9. The zero-order valence-corrected chi connectivity index (χ0v) is 12.1. The number of carbonyl (C=O) groups excluding carboxylic acids is 2. The summed E-state index contributed by atoms with van der Waals surface area (Å²) in [6.07, 6.45) is 0.631. The van der Waals surface area contributed by atoms with Crippen molar-refractivity contribution in [3.8, 4) is 0 Å². The molecule has 17 heavy (non-hydrogen) atoms. The molecule has 0 radical (unpaired) electrons. The summed E-state index contributed by atoms with van der Waals surface area (Å²) in [5.41, 5.74) is -0.501. The molecule has 0 N–H and O–H groups in total. The highest BCUT2D eigenvalue weighted by Crippen LogP contribution is 2.21. The number of hydrogen-bond donors (Lipinski definition) is 0. The fourth-order valence-corrected chi connectivity index (χ4v) is 2.33. The van der Waals surface area contributed by atoms with E-state index < -0.39 is 11.4 Å². The summed E-state index contributed by atoms with van der Waals surface area (Å²) in [6.45, 7) is 3.57. The Morgan fingerprint density at radius 3 is 2.59 bits per heavy atom. The van der Waals surface area contributed by atoms with E-state index in [1.165, 1.54) is 6.92 Å². The second kappa shape index (κ2) is 9.67. The Morgan fingerprint density at radius 2 is 2.12 bits per heavy atom. The van der Waals surface area contributed by atoms with Crippen LogP contribution in [0.3, 0.4) is 0 Å². The molecular weight excluding hydrogens is 284 g/mol. The Balaban J connectivity index is 4.17. The van der Waals surface area contributed by atoms with Crippen LogP contribution in [-0.4, -0.2) is 34.1 Å². The fraction of sp³-hybridized carbons (Fsp3) is 0.700. The smallest absolute Gasteiger partial charge is 0.303 e. The zero-order valence-electron chi connectivity index (χ0n) is 9.73. The highest BCUT2D eigenvalue weighted by molar-refractivity contribution is 8.22. The molecule has 0 fully saturated rings. The van der Waals surface area contributed by atoms with Crippen molar-refractivity contribution in [2.45, 2.75) is 32.1 Å². The van der Waals surface area contributed by atoms with Crippen LogP contribution < -0.4 is 0 Å². The van der Waals surface area contributed by atoms with Gasteiger partial charge >= 0.3 is 5.97 Å². The van der Waals surface area contributed by atoms with Crippen LogP contribution in [0.25, 0.3) is 0 Å². The summed E-state index contributed by atoms with van der Waals surface area (Å²) in [7, 11) is 0. The van der Waals surface area contributed by atoms with Crippen LogP contribution in [-0.2, 0) is 19.1 Å². The second-order valence-electron chi connectivity index (χ2n) is 3.05. The molecule has 0 heterocycles. The van der Waals surface area contributed by atoms with E-state index in [4.69, 9.17) is 33.3 Å². The highest BCUT2D eigenvalue weighted by Gasteiger charge is 2.17. The van der Waals surface area contributed by atoms with E-state index >= 15 is 0 Å². The maximum atomic E-state index is 11.1. The first-order chi connectivity index (χ1) is 7.99. The minimum absolute atomic E-state index is 0.0344. The van der Waals surface area contributed by atoms with Crippen LogP contribution >= 0.6 is 35.6 Å². The minimum atomic E-state index is -0.501. The van der Waals surface area contributed by atoms with Gasteiger partial charge in [0, 0.05) is 19.8 Å². The molecule has 0 aliphatic heterocycles. The molecule has 1 unspecified atom stereocenters. The number of esters is 1. The van der Waals surface area contributed by atoms with Gasteiger partial charge in [0.2, 0.25) is 4.38 Å². The largest absolute Gasteiger partial charge is 0.479 e. The number of hydrogen-bond acceptors (Lipinski definition) is 6. The summed E-state index contributed by atoms with van der Waals surface area (Å²) in [5, 5.41) is 0. The van der Waals surface area contributed by atoms with Gasteiger partial charge in [-0.05, 0) is 30.9 Å². The highest BCUT2D eigenvalue weighted by atomic mass is 35.5. The number of thioether (sulfide) groups is 1. The minimum Gasteiger partial charge on any atom is -0.479 e. The van der Waals surface area contributed by atoms with E-state index in [9.17, 15) is 9.59 Å². The van der Waals surface area contributed by atoms with Gasteiger partial charge in [-0.1, -0.05) is 0 Å². The molecular formula is C10H15ClO4S2. The molecule has 0 rings (SSSR count). The SMILES string of the molecule is CCOC(=S)SC(CCC(=O)CCl)OC(C)=O. The predicted octanol–water partition coefficient (Wildman–Crippen LogP) is 2.52. The monoisotopic (exact) mass is 298 g/mol. The maximum Gasteiger partial charge on any atom is 0.303 e. The van der Waals surface area contributed by atoms with E-state index in [-0.39, 0.29) is 18.1 Å². The topological polar surface area (TPSA) is 52.6 Å². The van der Waals surface area contributed by atoms with Gasteiger partial charge in [0.05, 0.1) is 12.5 Å². The van der Waals surface area contributed by atoms with E-state index in [0.717, 1.165) is 11.8 Å². The van der Waals surface area contributed by atoms with Gasteiger partial charge in [0.25, 0.3) is 0 Å². The lowest BCUT2D eigenvalue weighted by molar-refractivity contribution is -0.143. The molecule has 0 saturated carbocycles. The molecule has 0 aromatic rings. The van der Waals surface area contributed by atoms with Crippen LogP contribution in [0.2, 0.25) is 0 Å². The van der Waals surface area contributed by atoms with E-state index in [1.807, 2.05) is 6.92 Å². The van der Waals surface area contributed by atoms with Crippen LogP contribution in [0.4, 0.5) is 0 Å². The lowest BCUT2D eigenvalue weighted by Gasteiger charge is -2.16. The summed E-state index contributed by atoms with van der Waals surface area (Å²) < 4.78 is 10.4. The lowest BCUT2D eigenvalue weighted by atomic mass is 10.2. The average Bonchev–Trinajstić information content (AvgIpc) is 2.24. The number of halogens is 1. The Kier molecular flexibility index (Phi) is 9.49. The van der Waals surface area contributed by atoms with E-state index in [0.29, 0.717) is 17.4 Å². The molecule has 0 aromatic carbocycles. The standard InChI is InChI=1S/C10H15ClO4S2/c1-3-14-10(16)17-9(15-7(2)12)5-4-8(13)6-11/h9H,3-6H2,1-2H3. The van der Waals surface area contributed by atoms with Crippen molar-refractivity contribution in [2.24, 2.45) is 0 Å². The van der Waals surface area contributed by atoms with Crippen molar-refractivity contribution in [2.75, 3.05) is 12.5 Å². The first-order valence-electron chi connectivity index (χ1n) is 5.07. The quantitative estimate of drug-likeness (QED) is 0.311. The van der Waals surface area contributed by atoms with Gasteiger partial charge in [0.1, 0.15) is 5.78 Å². The first kappa shape index (κ1) is 16.7. The molecule has 7 heteroatoms. The number of Topliss-reactive ketones (excluding diaryl/α,β-unsaturated/α-hetero) is 1. The fourth-order valence-electron chi connectivity index (χ4n) is 0.932. The van der Waals surface area contributed by atoms with Gasteiger partial charge in [-0.25, -0.2) is 0 Å². The van der Waals surface area contributed by atoms with Crippen molar-refractivity contribution in [1.29, 1.82) is 0 Å². The molecule has 0 saturated heterocycles. The van der Waals surface area contributed by atoms with Gasteiger partial charge in [-0.15, -0.1) is 11.6 Å². The Labute approximate surface area is 115 Å². The average molecular weight is 299 g/mol. The van der Waals surface area contributed by atoms with Crippen molar-refractivity contribution < 1.29 is 19.1 Å².